The molecule has 144 valence electrons. The van der Waals surface area contributed by atoms with Crippen molar-refractivity contribution in [3.8, 4) is 16.9 Å². The van der Waals surface area contributed by atoms with Crippen LogP contribution < -0.4 is 10.5 Å². The molecule has 3 rings (SSSR count). The molecule has 0 aliphatic heterocycles. The molecule has 0 saturated heterocycles. The number of hydrogen-bond donors (Lipinski definition) is 1. The van der Waals surface area contributed by atoms with Gasteiger partial charge in [-0.25, -0.2) is 4.79 Å². The summed E-state index contributed by atoms with van der Waals surface area (Å²) in [7, 11) is 0. The van der Waals surface area contributed by atoms with Crippen LogP contribution in [0.25, 0.3) is 11.1 Å². The lowest BCUT2D eigenvalue weighted by Gasteiger charge is -2.26. The van der Waals surface area contributed by atoms with Crippen molar-refractivity contribution in [1.82, 2.24) is 0 Å². The van der Waals surface area contributed by atoms with Gasteiger partial charge < -0.3 is 15.2 Å². The predicted octanol–water partition coefficient (Wildman–Crippen LogP) is 5.48. The zero-order valence-electron chi connectivity index (χ0n) is 16.9. The third-order valence-electron chi connectivity index (χ3n) is 5.26. The fourth-order valence-electron chi connectivity index (χ4n) is 4.09. The van der Waals surface area contributed by atoms with Crippen LogP contribution in [0.1, 0.15) is 55.5 Å². The third kappa shape index (κ3) is 3.80. The number of aryl methyl sites for hydroxylation is 2. The van der Waals surface area contributed by atoms with E-state index in [4.69, 9.17) is 15.2 Å². The predicted molar refractivity (Wildman–Crippen MR) is 108 cm³/mol. The highest BCUT2D eigenvalue weighted by Crippen LogP contribution is 2.48. The lowest BCUT2D eigenvalue weighted by molar-refractivity contribution is 0.0392. The monoisotopic (exact) mass is 367 g/mol. The van der Waals surface area contributed by atoms with Crippen molar-refractivity contribution in [2.24, 2.45) is 11.1 Å². The summed E-state index contributed by atoms with van der Waals surface area (Å²) in [6, 6.07) is 10.7. The maximum atomic E-state index is 11.3. The van der Waals surface area contributed by atoms with Gasteiger partial charge in [-0.05, 0) is 72.2 Å². The van der Waals surface area contributed by atoms with E-state index in [0.29, 0.717) is 0 Å². The molecule has 0 radical (unpaired) electrons. The minimum absolute atomic E-state index is 0.167. The van der Waals surface area contributed by atoms with Crippen molar-refractivity contribution in [3.63, 3.8) is 0 Å². The van der Waals surface area contributed by atoms with Crippen LogP contribution in [0.4, 0.5) is 4.79 Å². The van der Waals surface area contributed by atoms with Gasteiger partial charge in [0.05, 0.1) is 6.61 Å². The average Bonchev–Trinajstić information content (AvgIpc) is 2.83. The van der Waals surface area contributed by atoms with Crippen LogP contribution in [0.3, 0.4) is 0 Å². The molecular formula is C23H29NO3. The third-order valence-corrected chi connectivity index (χ3v) is 5.26. The van der Waals surface area contributed by atoms with Crippen LogP contribution in [0.2, 0.25) is 0 Å². The number of hydrogen-bond acceptors (Lipinski definition) is 3. The first-order chi connectivity index (χ1) is 12.7. The number of amides is 1. The Hall–Kier alpha value is -2.49. The molecule has 27 heavy (non-hydrogen) atoms. The largest absolute Gasteiger partial charge is 0.493 e. The van der Waals surface area contributed by atoms with E-state index in [1.165, 1.54) is 11.1 Å². The van der Waals surface area contributed by atoms with Gasteiger partial charge in [-0.15, -0.1) is 0 Å². The fourth-order valence-corrected chi connectivity index (χ4v) is 4.09. The first-order valence-electron chi connectivity index (χ1n) is 9.56. The molecule has 4 heteroatoms. The molecule has 1 atom stereocenters. The standard InChI is InChI=1S/C23H29NO3/c1-6-9-26-20-14(2)10-17(11-15(20)3)16-7-8-19-18(12-16)13-23(4,5)21(19)27-22(24)25/h7-8,10-12,21H,6,9,13H2,1-5H3,(H2,24,25)/t21-/m0/s1. The summed E-state index contributed by atoms with van der Waals surface area (Å²) < 4.78 is 11.3. The Morgan fingerprint density at radius 3 is 2.41 bits per heavy atom. The van der Waals surface area contributed by atoms with E-state index in [1.807, 2.05) is 0 Å². The smallest absolute Gasteiger partial charge is 0.405 e. The summed E-state index contributed by atoms with van der Waals surface area (Å²) in [5.74, 6) is 0.984. The molecule has 1 aliphatic rings. The van der Waals surface area contributed by atoms with Crippen molar-refractivity contribution < 1.29 is 14.3 Å². The lowest BCUT2D eigenvalue weighted by atomic mass is 9.87. The van der Waals surface area contributed by atoms with Gasteiger partial charge in [-0.1, -0.05) is 39.0 Å². The maximum Gasteiger partial charge on any atom is 0.405 e. The zero-order valence-corrected chi connectivity index (χ0v) is 16.9. The number of benzene rings is 2. The van der Waals surface area contributed by atoms with E-state index >= 15 is 0 Å². The number of rotatable bonds is 5. The second-order valence-electron chi connectivity index (χ2n) is 8.18. The summed E-state index contributed by atoms with van der Waals surface area (Å²) in [6.45, 7) is 11.2. The number of nitrogens with two attached hydrogens (primary N) is 1. The van der Waals surface area contributed by atoms with Gasteiger partial charge in [-0.3, -0.25) is 0 Å². The van der Waals surface area contributed by atoms with E-state index in [1.54, 1.807) is 0 Å². The van der Waals surface area contributed by atoms with Gasteiger partial charge in [0, 0.05) is 5.41 Å². The van der Waals surface area contributed by atoms with Gasteiger partial charge in [0.25, 0.3) is 0 Å². The molecule has 2 N–H and O–H groups in total. The number of primary amides is 1. The van der Waals surface area contributed by atoms with Gasteiger partial charge >= 0.3 is 6.09 Å². The minimum atomic E-state index is -0.723. The van der Waals surface area contributed by atoms with Gasteiger partial charge in [0.15, 0.2) is 0 Å². The molecule has 0 fully saturated rings. The molecule has 1 aliphatic carbocycles. The van der Waals surface area contributed by atoms with E-state index in [9.17, 15) is 4.79 Å². The Kier molecular flexibility index (Phi) is 5.18. The first kappa shape index (κ1) is 19.3. The molecule has 4 nitrogen and oxygen atoms in total. The van der Waals surface area contributed by atoms with Crippen molar-refractivity contribution in [2.75, 3.05) is 6.61 Å². The van der Waals surface area contributed by atoms with Gasteiger partial charge in [-0.2, -0.15) is 0 Å². The SMILES string of the molecule is CCCOc1c(C)cc(-c2ccc3c(c2)CC(C)(C)[C@H]3OC(N)=O)cc1C. The summed E-state index contributed by atoms with van der Waals surface area (Å²) >= 11 is 0. The second-order valence-corrected chi connectivity index (χ2v) is 8.18. The second kappa shape index (κ2) is 7.26. The molecule has 0 aromatic heterocycles. The Morgan fingerprint density at radius 2 is 1.81 bits per heavy atom. The quantitative estimate of drug-likeness (QED) is 0.761. The number of carbonyl (C=O) groups excluding carboxylic acids is 1. The van der Waals surface area contributed by atoms with Crippen LogP contribution in [-0.4, -0.2) is 12.7 Å². The van der Waals surface area contributed by atoms with Crippen LogP contribution >= 0.6 is 0 Å². The Labute approximate surface area is 161 Å². The lowest BCUT2D eigenvalue weighted by Crippen LogP contribution is -2.25. The summed E-state index contributed by atoms with van der Waals surface area (Å²) in [5, 5.41) is 0. The normalized spacial score (nSPS) is 17.4. The van der Waals surface area contributed by atoms with Crippen LogP contribution in [0, 0.1) is 19.3 Å². The van der Waals surface area contributed by atoms with Crippen LogP contribution in [0.5, 0.6) is 5.75 Å². The molecule has 0 spiro atoms. The van der Waals surface area contributed by atoms with Gasteiger partial charge in [0.2, 0.25) is 0 Å². The molecule has 0 heterocycles. The summed E-state index contributed by atoms with van der Waals surface area (Å²) in [5.41, 5.74) is 12.0. The number of carbonyl (C=O) groups is 1. The van der Waals surface area contributed by atoms with Crippen molar-refractivity contribution >= 4 is 6.09 Å². The topological polar surface area (TPSA) is 61.6 Å². The molecule has 2 aromatic carbocycles. The molecule has 0 unspecified atom stereocenters. The maximum absolute atomic E-state index is 11.3. The first-order valence-corrected chi connectivity index (χ1v) is 9.56. The van der Waals surface area contributed by atoms with E-state index in [0.717, 1.165) is 47.5 Å². The highest BCUT2D eigenvalue weighted by molar-refractivity contribution is 5.70. The van der Waals surface area contributed by atoms with Crippen LogP contribution in [0.15, 0.2) is 30.3 Å². The minimum Gasteiger partial charge on any atom is -0.493 e. The summed E-state index contributed by atoms with van der Waals surface area (Å²) in [6.07, 6.45) is 0.825. The fraction of sp³-hybridized carbons (Fsp3) is 0.435. The van der Waals surface area contributed by atoms with Crippen molar-refractivity contribution in [1.29, 1.82) is 0 Å². The molecule has 0 bridgehead atoms. The van der Waals surface area contributed by atoms with E-state index < -0.39 is 6.09 Å². The average molecular weight is 367 g/mol. The Bertz CT molecular complexity index is 847. The highest BCUT2D eigenvalue weighted by Gasteiger charge is 2.41. The van der Waals surface area contributed by atoms with E-state index in [-0.39, 0.29) is 11.5 Å². The number of fused-ring (bicyclic) bond motifs is 1. The molecular weight excluding hydrogens is 338 g/mol. The molecule has 1 amide bonds. The molecule has 0 saturated carbocycles. The summed E-state index contributed by atoms with van der Waals surface area (Å²) in [4.78, 5) is 11.3. The molecule has 2 aromatic rings. The van der Waals surface area contributed by atoms with Crippen LogP contribution in [-0.2, 0) is 11.2 Å². The van der Waals surface area contributed by atoms with Crippen molar-refractivity contribution in [2.45, 2.75) is 53.6 Å². The Balaban J connectivity index is 1.96. The number of ether oxygens (including phenoxy) is 2. The van der Waals surface area contributed by atoms with E-state index in [2.05, 4.69) is 65.0 Å². The van der Waals surface area contributed by atoms with Gasteiger partial charge in [0.1, 0.15) is 11.9 Å². The Morgan fingerprint density at radius 1 is 1.15 bits per heavy atom. The highest BCUT2D eigenvalue weighted by atomic mass is 16.6. The zero-order chi connectivity index (χ0) is 19.8. The van der Waals surface area contributed by atoms with Crippen molar-refractivity contribution in [3.05, 3.63) is 52.6 Å².